The van der Waals surface area contributed by atoms with E-state index < -0.39 is 5.41 Å². The number of ketones is 1. The predicted molar refractivity (Wildman–Crippen MR) is 194 cm³/mol. The Hall–Kier alpha value is -5.69. The molecule has 7 nitrogen and oxygen atoms in total. The molecule has 48 heavy (non-hydrogen) atoms. The first kappa shape index (κ1) is 32.3. The van der Waals surface area contributed by atoms with Crippen molar-refractivity contribution in [2.45, 2.75) is 12.0 Å². The number of hydrogen-bond acceptors (Lipinski definition) is 6. The number of carbonyl (C=O) groups excluding carboxylic acids is 3. The molecule has 0 aromatic heterocycles. The molecule has 0 fully saturated rings. The molecule has 0 N–H and O–H groups in total. The Labute approximate surface area is 282 Å². The van der Waals surface area contributed by atoms with E-state index in [4.69, 9.17) is 0 Å². The quantitative estimate of drug-likeness (QED) is 0.0945. The lowest BCUT2D eigenvalue weighted by Gasteiger charge is -2.35. The van der Waals surface area contributed by atoms with Gasteiger partial charge in [0.05, 0.1) is 17.7 Å². The molecule has 1 aliphatic rings. The summed E-state index contributed by atoms with van der Waals surface area (Å²) in [5, 5.41) is 0. The van der Waals surface area contributed by atoms with Gasteiger partial charge in [0.1, 0.15) is 5.41 Å². The number of carbonyl (C=O) groups is 3. The summed E-state index contributed by atoms with van der Waals surface area (Å²) in [6.45, 7) is 0.121. The molecule has 1 aliphatic heterocycles. The van der Waals surface area contributed by atoms with Crippen LogP contribution in [0, 0.1) is 0 Å². The maximum absolute atomic E-state index is 15.3. The van der Waals surface area contributed by atoms with E-state index in [0.29, 0.717) is 16.7 Å². The molecule has 0 bridgehead atoms. The first-order valence-electron chi connectivity index (χ1n) is 15.9. The summed E-state index contributed by atoms with van der Waals surface area (Å²) in [6.07, 6.45) is 0. The van der Waals surface area contributed by atoms with Gasteiger partial charge in [0.25, 0.3) is 11.8 Å². The van der Waals surface area contributed by atoms with Gasteiger partial charge >= 0.3 is 0 Å². The highest BCUT2D eigenvalue weighted by Gasteiger charge is 2.44. The Kier molecular flexibility index (Phi) is 8.63. The standard InChI is InChI=1S/C41H40N4O3/c1-42(2)33-21-15-30(16-22-33)41(31-17-23-34(24-18-31)43(3)4,32-19-25-35(26-20-32)44(5)6)38(46)29-13-11-28(12-14-29)27-45-39(47)36-9-7-8-10-37(36)40(45)48/h7-26H,27H2,1-6H3. The molecule has 5 aromatic carbocycles. The Morgan fingerprint density at radius 3 is 1.21 bits per heavy atom. The molecule has 0 radical (unpaired) electrons. The minimum atomic E-state index is -1.18. The van der Waals surface area contributed by atoms with E-state index in [1.165, 1.54) is 4.90 Å². The number of anilines is 3. The Morgan fingerprint density at radius 1 is 0.521 bits per heavy atom. The van der Waals surface area contributed by atoms with Crippen molar-refractivity contribution in [2.24, 2.45) is 0 Å². The van der Waals surface area contributed by atoms with E-state index in [1.54, 1.807) is 36.4 Å². The van der Waals surface area contributed by atoms with E-state index in [9.17, 15) is 9.59 Å². The van der Waals surface area contributed by atoms with Crippen LogP contribution in [0.25, 0.3) is 0 Å². The third kappa shape index (κ3) is 5.62. The smallest absolute Gasteiger partial charge is 0.261 e. The number of hydrogen-bond donors (Lipinski definition) is 0. The molecule has 7 heteroatoms. The minimum Gasteiger partial charge on any atom is -0.378 e. The van der Waals surface area contributed by atoms with Gasteiger partial charge < -0.3 is 14.7 Å². The molecule has 0 spiro atoms. The Morgan fingerprint density at radius 2 is 0.875 bits per heavy atom. The fourth-order valence-electron chi connectivity index (χ4n) is 6.47. The molecule has 2 amide bonds. The van der Waals surface area contributed by atoms with Gasteiger partial charge in [0, 0.05) is 64.9 Å². The predicted octanol–water partition coefficient (Wildman–Crippen LogP) is 6.90. The summed E-state index contributed by atoms with van der Waals surface area (Å²) in [7, 11) is 12.0. The number of rotatable bonds is 10. The summed E-state index contributed by atoms with van der Waals surface area (Å²) >= 11 is 0. The van der Waals surface area contributed by atoms with Crippen LogP contribution in [0.1, 0.15) is 53.3 Å². The summed E-state index contributed by atoms with van der Waals surface area (Å²) in [5.74, 6) is -0.695. The zero-order chi connectivity index (χ0) is 34.2. The zero-order valence-corrected chi connectivity index (χ0v) is 28.3. The van der Waals surface area contributed by atoms with Crippen molar-refractivity contribution in [3.63, 3.8) is 0 Å². The van der Waals surface area contributed by atoms with Crippen LogP contribution in [0.4, 0.5) is 17.1 Å². The summed E-state index contributed by atoms with van der Waals surface area (Å²) < 4.78 is 0. The topological polar surface area (TPSA) is 64.2 Å². The second-order valence-electron chi connectivity index (χ2n) is 12.8. The fraction of sp³-hybridized carbons (Fsp3) is 0.195. The highest BCUT2D eigenvalue weighted by molar-refractivity contribution is 6.21. The van der Waals surface area contributed by atoms with Crippen molar-refractivity contribution < 1.29 is 14.4 Å². The van der Waals surface area contributed by atoms with Crippen LogP contribution in [0.15, 0.2) is 121 Å². The third-order valence-electron chi connectivity index (χ3n) is 9.23. The van der Waals surface area contributed by atoms with Crippen molar-refractivity contribution in [1.82, 2.24) is 4.90 Å². The van der Waals surface area contributed by atoms with Gasteiger partial charge in [-0.1, -0.05) is 72.8 Å². The maximum Gasteiger partial charge on any atom is 0.261 e. The van der Waals surface area contributed by atoms with Crippen LogP contribution < -0.4 is 14.7 Å². The van der Waals surface area contributed by atoms with Gasteiger partial charge in [-0.15, -0.1) is 0 Å². The molecular formula is C41H40N4O3. The highest BCUT2D eigenvalue weighted by atomic mass is 16.2. The molecule has 1 heterocycles. The second kappa shape index (κ2) is 12.8. The fourth-order valence-corrected chi connectivity index (χ4v) is 6.47. The molecular weight excluding hydrogens is 596 g/mol. The minimum absolute atomic E-state index is 0.0809. The van der Waals surface area contributed by atoms with Gasteiger partial charge in [-0.05, 0) is 70.8 Å². The van der Waals surface area contributed by atoms with Gasteiger partial charge in [0.15, 0.2) is 5.78 Å². The first-order valence-corrected chi connectivity index (χ1v) is 15.9. The summed E-state index contributed by atoms with van der Waals surface area (Å²) in [6, 6.07) is 38.7. The van der Waals surface area contributed by atoms with E-state index in [1.807, 2.05) is 142 Å². The van der Waals surface area contributed by atoms with Gasteiger partial charge in [-0.3, -0.25) is 19.3 Å². The number of amides is 2. The van der Waals surface area contributed by atoms with E-state index >= 15 is 4.79 Å². The molecule has 0 aliphatic carbocycles. The lowest BCUT2D eigenvalue weighted by molar-refractivity contribution is 0.0641. The SMILES string of the molecule is CN(C)c1ccc(C(C(=O)c2ccc(CN3C(=O)c4ccccc4C3=O)cc2)(c2ccc(N(C)C)cc2)c2ccc(N(C)C)cc2)cc1. The third-order valence-corrected chi connectivity index (χ3v) is 9.23. The van der Waals surface area contributed by atoms with Crippen molar-refractivity contribution in [3.05, 3.63) is 160 Å². The van der Waals surface area contributed by atoms with Crippen LogP contribution in [0.3, 0.4) is 0 Å². The Balaban J connectivity index is 1.47. The number of nitrogens with zero attached hydrogens (tertiary/aromatic N) is 4. The average molecular weight is 637 g/mol. The summed E-state index contributed by atoms with van der Waals surface area (Å²) in [4.78, 5) is 48.7. The molecule has 0 saturated carbocycles. The highest BCUT2D eigenvalue weighted by Crippen LogP contribution is 2.44. The van der Waals surface area contributed by atoms with Gasteiger partial charge in [-0.2, -0.15) is 0 Å². The van der Waals surface area contributed by atoms with Gasteiger partial charge in [0.2, 0.25) is 0 Å². The first-order chi connectivity index (χ1) is 23.0. The number of fused-ring (bicyclic) bond motifs is 1. The van der Waals surface area contributed by atoms with Crippen molar-refractivity contribution in [1.29, 1.82) is 0 Å². The van der Waals surface area contributed by atoms with Crippen LogP contribution >= 0.6 is 0 Å². The van der Waals surface area contributed by atoms with Crippen molar-refractivity contribution >= 4 is 34.7 Å². The van der Waals surface area contributed by atoms with Crippen molar-refractivity contribution in [3.8, 4) is 0 Å². The van der Waals surface area contributed by atoms with Gasteiger partial charge in [-0.25, -0.2) is 0 Å². The molecule has 242 valence electrons. The zero-order valence-electron chi connectivity index (χ0n) is 28.3. The van der Waals surface area contributed by atoms with Crippen LogP contribution in [-0.4, -0.2) is 64.8 Å². The molecule has 6 rings (SSSR count). The number of Topliss-reactive ketones (excluding diaryl/α,β-unsaturated/α-hetero) is 1. The average Bonchev–Trinajstić information content (AvgIpc) is 3.34. The van der Waals surface area contributed by atoms with E-state index in [0.717, 1.165) is 39.3 Å². The van der Waals surface area contributed by atoms with E-state index in [2.05, 4.69) is 0 Å². The molecule has 0 unspecified atom stereocenters. The number of imide groups is 1. The number of benzene rings is 5. The molecule has 5 aromatic rings. The van der Waals surface area contributed by atoms with Crippen LogP contribution in [0.5, 0.6) is 0 Å². The Bertz CT molecular complexity index is 1800. The largest absolute Gasteiger partial charge is 0.378 e. The van der Waals surface area contributed by atoms with Crippen LogP contribution in [-0.2, 0) is 12.0 Å². The lowest BCUT2D eigenvalue weighted by atomic mass is 9.65. The normalized spacial score (nSPS) is 12.6. The second-order valence-corrected chi connectivity index (χ2v) is 12.8. The lowest BCUT2D eigenvalue weighted by Crippen LogP contribution is -2.39. The maximum atomic E-state index is 15.3. The van der Waals surface area contributed by atoms with Crippen molar-refractivity contribution in [2.75, 3.05) is 57.0 Å². The monoisotopic (exact) mass is 636 g/mol. The van der Waals surface area contributed by atoms with E-state index in [-0.39, 0.29) is 24.1 Å². The van der Waals surface area contributed by atoms with Crippen LogP contribution in [0.2, 0.25) is 0 Å². The molecule has 0 atom stereocenters. The summed E-state index contributed by atoms with van der Waals surface area (Å²) in [5.41, 5.74) is 6.58. The molecule has 0 saturated heterocycles.